The third kappa shape index (κ3) is 3.39. The molecule has 0 fully saturated rings. The molecule has 0 spiro atoms. The minimum atomic E-state index is 0.136. The van der Waals surface area contributed by atoms with Gasteiger partial charge in [0.1, 0.15) is 12.4 Å². The second-order valence-electron chi connectivity index (χ2n) is 4.09. The van der Waals surface area contributed by atoms with Crippen LogP contribution < -0.4 is 10.5 Å². The third-order valence-corrected chi connectivity index (χ3v) is 2.69. The lowest BCUT2D eigenvalue weighted by Gasteiger charge is -2.07. The predicted octanol–water partition coefficient (Wildman–Crippen LogP) is 1.55. The fourth-order valence-electron chi connectivity index (χ4n) is 1.50. The number of hydrogen-bond donors (Lipinski definition) is 1. The largest absolute Gasteiger partial charge is 0.489 e. The van der Waals surface area contributed by atoms with Gasteiger partial charge in [0.25, 0.3) is 0 Å². The fourth-order valence-corrected chi connectivity index (χ4v) is 1.50. The van der Waals surface area contributed by atoms with Crippen molar-refractivity contribution in [1.82, 2.24) is 20.2 Å². The van der Waals surface area contributed by atoms with E-state index in [0.717, 1.165) is 5.56 Å². The number of hydrogen-bond acceptors (Lipinski definition) is 5. The average Bonchev–Trinajstić information content (AvgIpc) is 2.98. The molecule has 0 aliphatic rings. The number of nitrogens with two attached hydrogens (primary N) is 1. The van der Waals surface area contributed by atoms with Gasteiger partial charge in [-0.05, 0) is 36.4 Å². The third-order valence-electron chi connectivity index (χ3n) is 2.69. The summed E-state index contributed by atoms with van der Waals surface area (Å²) < 4.78 is 17.8. The Labute approximate surface area is 116 Å². The standard InChI is InChI=1S/C13H16FN5O/c1-2-19-17-13(16-18-19)11-3-5-12(6-4-11)20-9-10(7-14)8-15/h3-7H,2,8-9,15H2,1H3/b10-7-. The molecule has 6 nitrogen and oxygen atoms in total. The molecule has 2 rings (SSSR count). The van der Waals surface area contributed by atoms with Gasteiger partial charge >= 0.3 is 0 Å². The van der Waals surface area contributed by atoms with Crippen molar-refractivity contribution in [3.8, 4) is 17.1 Å². The van der Waals surface area contributed by atoms with E-state index in [1.54, 1.807) is 12.1 Å². The van der Waals surface area contributed by atoms with Crippen molar-refractivity contribution in [2.24, 2.45) is 5.73 Å². The Morgan fingerprint density at radius 3 is 2.70 bits per heavy atom. The van der Waals surface area contributed by atoms with E-state index in [2.05, 4.69) is 15.4 Å². The smallest absolute Gasteiger partial charge is 0.204 e. The van der Waals surface area contributed by atoms with E-state index in [9.17, 15) is 4.39 Å². The summed E-state index contributed by atoms with van der Waals surface area (Å²) in [6.07, 6.45) is 0.474. The highest BCUT2D eigenvalue weighted by atomic mass is 19.1. The highest BCUT2D eigenvalue weighted by Gasteiger charge is 2.05. The molecule has 0 unspecified atom stereocenters. The minimum Gasteiger partial charge on any atom is -0.489 e. The second-order valence-corrected chi connectivity index (χ2v) is 4.09. The Morgan fingerprint density at radius 1 is 1.40 bits per heavy atom. The molecule has 7 heteroatoms. The first-order valence-corrected chi connectivity index (χ1v) is 6.26. The first-order chi connectivity index (χ1) is 9.76. The van der Waals surface area contributed by atoms with Gasteiger partial charge in [-0.3, -0.25) is 0 Å². The van der Waals surface area contributed by atoms with E-state index in [4.69, 9.17) is 10.5 Å². The van der Waals surface area contributed by atoms with Crippen molar-refractivity contribution in [1.29, 1.82) is 0 Å². The van der Waals surface area contributed by atoms with Crippen LogP contribution in [0.25, 0.3) is 11.4 Å². The van der Waals surface area contributed by atoms with Crippen LogP contribution in [0, 0.1) is 0 Å². The highest BCUT2D eigenvalue weighted by molar-refractivity contribution is 5.55. The Hall–Kier alpha value is -2.28. The monoisotopic (exact) mass is 277 g/mol. The number of benzene rings is 1. The van der Waals surface area contributed by atoms with Crippen molar-refractivity contribution < 1.29 is 9.13 Å². The van der Waals surface area contributed by atoms with Gasteiger partial charge in [-0.2, -0.15) is 4.80 Å². The van der Waals surface area contributed by atoms with Gasteiger partial charge < -0.3 is 10.5 Å². The second kappa shape index (κ2) is 6.76. The minimum absolute atomic E-state index is 0.136. The van der Waals surface area contributed by atoms with Crippen LogP contribution in [0.4, 0.5) is 4.39 Å². The number of nitrogens with zero attached hydrogens (tertiary/aromatic N) is 4. The van der Waals surface area contributed by atoms with Gasteiger partial charge in [-0.25, -0.2) is 4.39 Å². The van der Waals surface area contributed by atoms with Crippen LogP contribution >= 0.6 is 0 Å². The van der Waals surface area contributed by atoms with Crippen molar-refractivity contribution in [3.05, 3.63) is 36.2 Å². The number of halogens is 1. The maximum Gasteiger partial charge on any atom is 0.204 e. The van der Waals surface area contributed by atoms with Crippen LogP contribution in [0.5, 0.6) is 5.75 Å². The zero-order chi connectivity index (χ0) is 14.4. The van der Waals surface area contributed by atoms with E-state index in [0.29, 0.717) is 30.0 Å². The number of aromatic nitrogens is 4. The quantitative estimate of drug-likeness (QED) is 0.866. The highest BCUT2D eigenvalue weighted by Crippen LogP contribution is 2.19. The summed E-state index contributed by atoms with van der Waals surface area (Å²) in [7, 11) is 0. The number of rotatable bonds is 6. The molecule has 0 radical (unpaired) electrons. The molecule has 1 heterocycles. The Morgan fingerprint density at radius 2 is 2.15 bits per heavy atom. The molecule has 2 N–H and O–H groups in total. The lowest BCUT2D eigenvalue weighted by Crippen LogP contribution is -2.10. The van der Waals surface area contributed by atoms with Gasteiger partial charge in [-0.1, -0.05) is 0 Å². The summed E-state index contributed by atoms with van der Waals surface area (Å²) in [6.45, 7) is 2.89. The predicted molar refractivity (Wildman–Crippen MR) is 72.7 cm³/mol. The van der Waals surface area contributed by atoms with Crippen molar-refractivity contribution in [2.75, 3.05) is 13.2 Å². The molecule has 106 valence electrons. The fraction of sp³-hybridized carbons (Fsp3) is 0.308. The molecular formula is C13H16FN5O. The zero-order valence-corrected chi connectivity index (χ0v) is 11.2. The molecule has 0 saturated carbocycles. The van der Waals surface area contributed by atoms with Crippen molar-refractivity contribution in [3.63, 3.8) is 0 Å². The molecule has 1 aromatic carbocycles. The topological polar surface area (TPSA) is 78.8 Å². The summed E-state index contributed by atoms with van der Waals surface area (Å²) in [5, 5.41) is 12.1. The van der Waals surface area contributed by atoms with Gasteiger partial charge in [-0.15, -0.1) is 10.2 Å². The molecule has 0 saturated heterocycles. The van der Waals surface area contributed by atoms with Crippen LogP contribution in [0.15, 0.2) is 36.2 Å². The normalized spacial score (nSPS) is 11.7. The lowest BCUT2D eigenvalue weighted by atomic mass is 10.2. The zero-order valence-electron chi connectivity index (χ0n) is 11.2. The Balaban J connectivity index is 2.02. The van der Waals surface area contributed by atoms with Crippen LogP contribution in [-0.2, 0) is 6.54 Å². The van der Waals surface area contributed by atoms with Crippen LogP contribution in [0.2, 0.25) is 0 Å². The van der Waals surface area contributed by atoms with E-state index >= 15 is 0 Å². The molecule has 0 atom stereocenters. The van der Waals surface area contributed by atoms with Crippen molar-refractivity contribution in [2.45, 2.75) is 13.5 Å². The first kappa shape index (κ1) is 14.1. The number of aryl methyl sites for hydroxylation is 1. The van der Waals surface area contributed by atoms with E-state index in [1.807, 2.05) is 19.1 Å². The van der Waals surface area contributed by atoms with Crippen LogP contribution in [0.1, 0.15) is 6.92 Å². The molecule has 0 bridgehead atoms. The maximum atomic E-state index is 12.3. The summed E-state index contributed by atoms with van der Waals surface area (Å²) in [5.74, 6) is 1.19. The summed E-state index contributed by atoms with van der Waals surface area (Å²) in [6, 6.07) is 7.20. The number of tetrazole rings is 1. The summed E-state index contributed by atoms with van der Waals surface area (Å²) in [5.41, 5.74) is 6.60. The van der Waals surface area contributed by atoms with Crippen LogP contribution in [-0.4, -0.2) is 33.4 Å². The Bertz CT molecular complexity index is 579. The molecule has 0 aliphatic heterocycles. The summed E-state index contributed by atoms with van der Waals surface area (Å²) >= 11 is 0. The van der Waals surface area contributed by atoms with Crippen molar-refractivity contribution >= 4 is 0 Å². The van der Waals surface area contributed by atoms with Gasteiger partial charge in [0.2, 0.25) is 5.82 Å². The number of ether oxygens (including phenoxy) is 1. The SMILES string of the molecule is CCn1nnc(-c2ccc(OC/C(=C\F)CN)cc2)n1. The Kier molecular flexibility index (Phi) is 4.78. The molecule has 20 heavy (non-hydrogen) atoms. The van der Waals surface area contributed by atoms with Crippen LogP contribution in [0.3, 0.4) is 0 Å². The molecule has 1 aromatic heterocycles. The molecule has 2 aromatic rings. The van der Waals surface area contributed by atoms with E-state index in [1.165, 1.54) is 4.80 Å². The van der Waals surface area contributed by atoms with E-state index in [-0.39, 0.29) is 13.2 Å². The first-order valence-electron chi connectivity index (χ1n) is 6.26. The van der Waals surface area contributed by atoms with Gasteiger partial charge in [0.05, 0.1) is 12.9 Å². The average molecular weight is 277 g/mol. The summed E-state index contributed by atoms with van der Waals surface area (Å²) in [4.78, 5) is 1.51. The van der Waals surface area contributed by atoms with Gasteiger partial charge in [0, 0.05) is 17.7 Å². The van der Waals surface area contributed by atoms with E-state index < -0.39 is 0 Å². The maximum absolute atomic E-state index is 12.3. The molecule has 0 aliphatic carbocycles. The van der Waals surface area contributed by atoms with Gasteiger partial charge in [0.15, 0.2) is 0 Å². The molecular weight excluding hydrogens is 261 g/mol. The lowest BCUT2D eigenvalue weighted by molar-refractivity contribution is 0.347. The molecule has 0 amide bonds.